The van der Waals surface area contributed by atoms with Crippen LogP contribution in [-0.2, 0) is 14.3 Å². The number of carbonyl (C=O) groups excluding carboxylic acids is 2. The lowest BCUT2D eigenvalue weighted by molar-refractivity contribution is -0.140. The summed E-state index contributed by atoms with van der Waals surface area (Å²) < 4.78 is 4.55. The van der Waals surface area contributed by atoms with Gasteiger partial charge in [-0.3, -0.25) is 9.59 Å². The summed E-state index contributed by atoms with van der Waals surface area (Å²) in [6.45, 7) is 3.10. The summed E-state index contributed by atoms with van der Waals surface area (Å²) in [4.78, 5) is 20.3. The van der Waals surface area contributed by atoms with Crippen LogP contribution in [-0.4, -0.2) is 18.9 Å². The van der Waals surface area contributed by atoms with E-state index in [9.17, 15) is 9.59 Å². The molecule has 0 unspecified atom stereocenters. The molecule has 0 radical (unpaired) electrons. The summed E-state index contributed by atoms with van der Waals surface area (Å²) in [5, 5.41) is 0. The maximum absolute atomic E-state index is 10.2. The van der Waals surface area contributed by atoms with Crippen LogP contribution in [0.3, 0.4) is 0 Å². The van der Waals surface area contributed by atoms with Crippen molar-refractivity contribution in [2.45, 2.75) is 13.8 Å². The van der Waals surface area contributed by atoms with Crippen LogP contribution in [0.2, 0.25) is 0 Å². The smallest absolute Gasteiger partial charge is 0.302 e. The number of esters is 1. The van der Waals surface area contributed by atoms with Crippen LogP contribution < -0.4 is 0 Å². The predicted molar refractivity (Wildman–Crippen MR) is 36.5 cm³/mol. The van der Waals surface area contributed by atoms with Crippen LogP contribution in [0.25, 0.3) is 0 Å². The highest BCUT2D eigenvalue weighted by atomic mass is 16.5. The molecular weight excluding hydrogens is 132 g/mol. The minimum atomic E-state index is -0.374. The molecule has 0 saturated heterocycles. The lowest BCUT2D eigenvalue weighted by Gasteiger charge is -1.98. The van der Waals surface area contributed by atoms with Crippen molar-refractivity contribution in [2.24, 2.45) is 0 Å². The molecule has 0 aromatic heterocycles. The average molecular weight is 142 g/mol. The molecule has 0 N–H and O–H groups in total. The Labute approximate surface area is 59.7 Å². The van der Waals surface area contributed by atoms with Gasteiger partial charge in [0.2, 0.25) is 0 Å². The van der Waals surface area contributed by atoms with Crippen LogP contribution in [0.5, 0.6) is 0 Å². The minimum absolute atomic E-state index is 0.0787. The normalized spacial score (nSPS) is 10.8. The number of aldehydes is 1. The zero-order valence-electron chi connectivity index (χ0n) is 6.09. The zero-order valence-corrected chi connectivity index (χ0v) is 6.09. The maximum atomic E-state index is 10.2. The molecule has 0 aromatic carbocycles. The van der Waals surface area contributed by atoms with Gasteiger partial charge in [-0.15, -0.1) is 0 Å². The van der Waals surface area contributed by atoms with Crippen LogP contribution in [0, 0.1) is 0 Å². The second-order valence-corrected chi connectivity index (χ2v) is 1.76. The summed E-state index contributed by atoms with van der Waals surface area (Å²) in [6.07, 6.45) is 2.28. The van der Waals surface area contributed by atoms with Crippen LogP contribution in [0.4, 0.5) is 0 Å². The fourth-order valence-electron chi connectivity index (χ4n) is 0.370. The van der Waals surface area contributed by atoms with E-state index in [-0.39, 0.29) is 12.6 Å². The van der Waals surface area contributed by atoms with E-state index in [1.54, 1.807) is 13.0 Å². The van der Waals surface area contributed by atoms with Gasteiger partial charge in [0.1, 0.15) is 12.9 Å². The molecule has 0 fully saturated rings. The third-order valence-corrected chi connectivity index (χ3v) is 0.964. The zero-order chi connectivity index (χ0) is 7.98. The molecule has 0 saturated carbocycles. The standard InChI is InChI=1S/C7H10O3/c1-3-7(4-8)5-10-6(2)9/h3-4H,5H2,1-2H3/b7-3+. The molecule has 0 aliphatic heterocycles. The van der Waals surface area contributed by atoms with E-state index in [0.717, 1.165) is 0 Å². The van der Waals surface area contributed by atoms with Crippen molar-refractivity contribution in [1.82, 2.24) is 0 Å². The Morgan fingerprint density at radius 3 is 2.50 bits per heavy atom. The van der Waals surface area contributed by atoms with Crippen molar-refractivity contribution in [2.75, 3.05) is 6.61 Å². The second kappa shape index (κ2) is 4.73. The topological polar surface area (TPSA) is 43.4 Å². The fraction of sp³-hybridized carbons (Fsp3) is 0.429. The van der Waals surface area contributed by atoms with Crippen molar-refractivity contribution in [1.29, 1.82) is 0 Å². The number of ether oxygens (including phenoxy) is 1. The number of carbonyl (C=O) groups is 2. The van der Waals surface area contributed by atoms with Gasteiger partial charge in [0, 0.05) is 12.5 Å². The Hall–Kier alpha value is -1.12. The van der Waals surface area contributed by atoms with E-state index in [1.807, 2.05) is 0 Å². The van der Waals surface area contributed by atoms with E-state index in [2.05, 4.69) is 4.74 Å². The number of hydrogen-bond donors (Lipinski definition) is 0. The lowest BCUT2D eigenvalue weighted by Crippen LogP contribution is -2.03. The van der Waals surface area contributed by atoms with E-state index in [1.165, 1.54) is 6.92 Å². The van der Waals surface area contributed by atoms with Gasteiger partial charge in [0.25, 0.3) is 0 Å². The van der Waals surface area contributed by atoms with Gasteiger partial charge < -0.3 is 4.74 Å². The highest BCUT2D eigenvalue weighted by molar-refractivity contribution is 5.74. The third-order valence-electron chi connectivity index (χ3n) is 0.964. The molecule has 0 spiro atoms. The first kappa shape index (κ1) is 8.88. The SMILES string of the molecule is C/C=C(\C=O)COC(C)=O. The Kier molecular flexibility index (Phi) is 4.20. The number of rotatable bonds is 3. The summed E-state index contributed by atoms with van der Waals surface area (Å²) in [5.41, 5.74) is 0.482. The average Bonchev–Trinajstić information content (AvgIpc) is 1.90. The molecule has 0 heterocycles. The van der Waals surface area contributed by atoms with Gasteiger partial charge in [-0.1, -0.05) is 6.08 Å². The quantitative estimate of drug-likeness (QED) is 0.331. The lowest BCUT2D eigenvalue weighted by atomic mass is 10.3. The van der Waals surface area contributed by atoms with Crippen molar-refractivity contribution < 1.29 is 14.3 Å². The largest absolute Gasteiger partial charge is 0.461 e. The molecule has 0 rings (SSSR count). The Bertz CT molecular complexity index is 158. The van der Waals surface area contributed by atoms with Crippen LogP contribution in [0.15, 0.2) is 11.6 Å². The van der Waals surface area contributed by atoms with E-state index in [0.29, 0.717) is 11.9 Å². The second-order valence-electron chi connectivity index (χ2n) is 1.76. The molecule has 10 heavy (non-hydrogen) atoms. The molecule has 3 nitrogen and oxygen atoms in total. The van der Waals surface area contributed by atoms with Crippen LogP contribution >= 0.6 is 0 Å². The number of hydrogen-bond acceptors (Lipinski definition) is 3. The van der Waals surface area contributed by atoms with Crippen molar-refractivity contribution in [3.63, 3.8) is 0 Å². The first-order chi connectivity index (χ1) is 4.70. The summed E-state index contributed by atoms with van der Waals surface area (Å²) in [7, 11) is 0. The van der Waals surface area contributed by atoms with Crippen molar-refractivity contribution in [3.05, 3.63) is 11.6 Å². The molecule has 0 aliphatic rings. The first-order valence-electron chi connectivity index (χ1n) is 2.94. The van der Waals surface area contributed by atoms with Gasteiger partial charge in [0.15, 0.2) is 0 Å². The van der Waals surface area contributed by atoms with E-state index >= 15 is 0 Å². The predicted octanol–water partition coefficient (Wildman–Crippen LogP) is 0.695. The summed E-state index contributed by atoms with van der Waals surface area (Å²) in [6, 6.07) is 0. The fourth-order valence-corrected chi connectivity index (χ4v) is 0.370. The highest BCUT2D eigenvalue weighted by Gasteiger charge is 1.95. The summed E-state index contributed by atoms with van der Waals surface area (Å²) >= 11 is 0. The monoisotopic (exact) mass is 142 g/mol. The van der Waals surface area contributed by atoms with Gasteiger partial charge in [0.05, 0.1) is 0 Å². The van der Waals surface area contributed by atoms with Crippen LogP contribution in [0.1, 0.15) is 13.8 Å². The Balaban J connectivity index is 3.66. The molecule has 0 amide bonds. The van der Waals surface area contributed by atoms with Gasteiger partial charge in [-0.25, -0.2) is 0 Å². The molecular formula is C7H10O3. The van der Waals surface area contributed by atoms with Crippen molar-refractivity contribution in [3.8, 4) is 0 Å². The molecule has 0 bridgehead atoms. The van der Waals surface area contributed by atoms with E-state index in [4.69, 9.17) is 0 Å². The number of allylic oxidation sites excluding steroid dienone is 1. The highest BCUT2D eigenvalue weighted by Crippen LogP contribution is 1.90. The minimum Gasteiger partial charge on any atom is -0.461 e. The third kappa shape index (κ3) is 3.83. The molecule has 3 heteroatoms. The van der Waals surface area contributed by atoms with Gasteiger partial charge in [-0.05, 0) is 6.92 Å². The Morgan fingerprint density at radius 1 is 1.60 bits per heavy atom. The van der Waals surface area contributed by atoms with Gasteiger partial charge >= 0.3 is 5.97 Å². The van der Waals surface area contributed by atoms with Gasteiger partial charge in [-0.2, -0.15) is 0 Å². The molecule has 0 aromatic rings. The Morgan fingerprint density at radius 2 is 2.20 bits per heavy atom. The molecule has 0 aliphatic carbocycles. The van der Waals surface area contributed by atoms with Crippen molar-refractivity contribution >= 4 is 12.3 Å². The maximum Gasteiger partial charge on any atom is 0.302 e. The summed E-state index contributed by atoms with van der Waals surface area (Å²) in [5.74, 6) is -0.374. The first-order valence-corrected chi connectivity index (χ1v) is 2.94. The molecule has 0 atom stereocenters. The van der Waals surface area contributed by atoms with E-state index < -0.39 is 0 Å². The molecule has 56 valence electrons.